The van der Waals surface area contributed by atoms with Crippen molar-refractivity contribution in [3.8, 4) is 0 Å². The number of fused-ring (bicyclic) bond motifs is 1. The molecule has 1 heterocycles. The van der Waals surface area contributed by atoms with Crippen LogP contribution < -0.4 is 5.32 Å². The van der Waals surface area contributed by atoms with Crippen LogP contribution in [-0.4, -0.2) is 4.98 Å². The van der Waals surface area contributed by atoms with Crippen molar-refractivity contribution >= 4 is 0 Å². The zero-order valence-electron chi connectivity index (χ0n) is 12.4. The van der Waals surface area contributed by atoms with Crippen molar-refractivity contribution in [3.05, 3.63) is 65.5 Å². The first-order chi connectivity index (χ1) is 9.58. The normalized spacial score (nSPS) is 21.4. The van der Waals surface area contributed by atoms with Crippen LogP contribution in [0.3, 0.4) is 0 Å². The molecule has 2 atom stereocenters. The van der Waals surface area contributed by atoms with Gasteiger partial charge in [0, 0.05) is 24.5 Å². The minimum absolute atomic E-state index is 0.255. The lowest BCUT2D eigenvalue weighted by Gasteiger charge is -2.31. The molecule has 0 fully saturated rings. The fourth-order valence-corrected chi connectivity index (χ4v) is 3.30. The molecule has 104 valence electrons. The first-order valence-corrected chi connectivity index (χ1v) is 7.32. The molecule has 1 aromatic carbocycles. The van der Waals surface area contributed by atoms with Gasteiger partial charge < -0.3 is 5.32 Å². The maximum absolute atomic E-state index is 4.10. The maximum atomic E-state index is 4.10. The van der Waals surface area contributed by atoms with E-state index in [2.05, 4.69) is 67.5 Å². The maximum Gasteiger partial charge on any atom is 0.0382 e. The highest BCUT2D eigenvalue weighted by molar-refractivity contribution is 5.38. The van der Waals surface area contributed by atoms with Gasteiger partial charge in [-0.1, -0.05) is 38.1 Å². The Morgan fingerprint density at radius 2 is 1.85 bits per heavy atom. The van der Waals surface area contributed by atoms with Gasteiger partial charge >= 0.3 is 0 Å². The monoisotopic (exact) mass is 266 g/mol. The van der Waals surface area contributed by atoms with Crippen molar-refractivity contribution in [2.75, 3.05) is 0 Å². The molecular formula is C18H22N2. The number of nitrogens with one attached hydrogen (secondary N) is 1. The number of aromatic nitrogens is 1. The van der Waals surface area contributed by atoms with Crippen molar-refractivity contribution in [3.63, 3.8) is 0 Å². The molecule has 0 aliphatic heterocycles. The van der Waals surface area contributed by atoms with Crippen LogP contribution in [0.5, 0.6) is 0 Å². The zero-order chi connectivity index (χ0) is 14.2. The Morgan fingerprint density at radius 1 is 1.15 bits per heavy atom. The van der Waals surface area contributed by atoms with Crippen LogP contribution in [0.15, 0.2) is 48.8 Å². The highest BCUT2D eigenvalue weighted by Crippen LogP contribution is 2.45. The minimum Gasteiger partial charge on any atom is -0.303 e. The number of hydrogen-bond donors (Lipinski definition) is 1. The van der Waals surface area contributed by atoms with Gasteiger partial charge in [-0.05, 0) is 47.6 Å². The summed E-state index contributed by atoms with van der Waals surface area (Å²) in [5.74, 6) is 0. The molecule has 20 heavy (non-hydrogen) atoms. The minimum atomic E-state index is 0.255. The molecule has 1 aliphatic rings. The largest absolute Gasteiger partial charge is 0.303 e. The molecule has 0 saturated heterocycles. The summed E-state index contributed by atoms with van der Waals surface area (Å²) >= 11 is 0. The Kier molecular flexibility index (Phi) is 3.35. The zero-order valence-corrected chi connectivity index (χ0v) is 12.4. The van der Waals surface area contributed by atoms with Crippen LogP contribution in [0.25, 0.3) is 0 Å². The molecule has 2 heteroatoms. The summed E-state index contributed by atoms with van der Waals surface area (Å²) in [6.45, 7) is 6.93. The summed E-state index contributed by atoms with van der Waals surface area (Å²) in [5.41, 5.74) is 4.49. The van der Waals surface area contributed by atoms with Gasteiger partial charge in [-0.2, -0.15) is 0 Å². The smallest absolute Gasteiger partial charge is 0.0382 e. The van der Waals surface area contributed by atoms with Gasteiger partial charge in [-0.3, -0.25) is 4.98 Å². The third kappa shape index (κ3) is 2.36. The number of pyridine rings is 1. The first-order valence-electron chi connectivity index (χ1n) is 7.32. The topological polar surface area (TPSA) is 24.9 Å². The molecule has 1 N–H and O–H groups in total. The van der Waals surface area contributed by atoms with Gasteiger partial charge in [-0.25, -0.2) is 0 Å². The predicted molar refractivity (Wildman–Crippen MR) is 82.5 cm³/mol. The van der Waals surface area contributed by atoms with Crippen LogP contribution in [0.1, 0.15) is 49.5 Å². The number of hydrogen-bond acceptors (Lipinski definition) is 2. The van der Waals surface area contributed by atoms with E-state index in [0.29, 0.717) is 12.1 Å². The highest BCUT2D eigenvalue weighted by atomic mass is 15.0. The molecule has 0 amide bonds. The summed E-state index contributed by atoms with van der Waals surface area (Å²) in [5, 5.41) is 3.81. The molecule has 0 radical (unpaired) electrons. The fraction of sp³-hybridized carbons (Fsp3) is 0.389. The second-order valence-corrected chi connectivity index (χ2v) is 6.47. The molecule has 3 rings (SSSR count). The van der Waals surface area contributed by atoms with Crippen LogP contribution in [-0.2, 0) is 6.42 Å². The van der Waals surface area contributed by atoms with Crippen molar-refractivity contribution in [2.24, 2.45) is 5.41 Å². The SMILES string of the molecule is CC(NC1c2ccccc2CC1(C)C)c1ccncc1. The molecule has 0 saturated carbocycles. The van der Waals surface area contributed by atoms with Crippen molar-refractivity contribution in [1.29, 1.82) is 0 Å². The summed E-state index contributed by atoms with van der Waals surface area (Å²) in [7, 11) is 0. The number of nitrogens with zero attached hydrogens (tertiary/aromatic N) is 1. The third-order valence-electron chi connectivity index (χ3n) is 4.42. The second kappa shape index (κ2) is 5.02. The van der Waals surface area contributed by atoms with Gasteiger partial charge in [0.15, 0.2) is 0 Å². The molecule has 2 aromatic rings. The van der Waals surface area contributed by atoms with E-state index in [4.69, 9.17) is 0 Å². The summed E-state index contributed by atoms with van der Waals surface area (Å²) in [4.78, 5) is 4.10. The first kappa shape index (κ1) is 13.3. The van der Waals surface area contributed by atoms with E-state index >= 15 is 0 Å². The van der Waals surface area contributed by atoms with E-state index in [0.717, 1.165) is 6.42 Å². The third-order valence-corrected chi connectivity index (χ3v) is 4.42. The van der Waals surface area contributed by atoms with E-state index in [1.165, 1.54) is 16.7 Å². The molecule has 2 unspecified atom stereocenters. The highest BCUT2D eigenvalue weighted by Gasteiger charge is 2.39. The van der Waals surface area contributed by atoms with Crippen molar-refractivity contribution in [2.45, 2.75) is 39.3 Å². The van der Waals surface area contributed by atoms with Crippen LogP contribution in [0.4, 0.5) is 0 Å². The molecule has 1 aromatic heterocycles. The van der Waals surface area contributed by atoms with Gasteiger partial charge in [0.25, 0.3) is 0 Å². The molecule has 0 spiro atoms. The molecule has 0 bridgehead atoms. The predicted octanol–water partition coefficient (Wildman–Crippen LogP) is 4.06. The average molecular weight is 266 g/mol. The van der Waals surface area contributed by atoms with Crippen LogP contribution >= 0.6 is 0 Å². The second-order valence-electron chi connectivity index (χ2n) is 6.47. The lowest BCUT2D eigenvalue weighted by atomic mass is 9.84. The lowest BCUT2D eigenvalue weighted by Crippen LogP contribution is -2.33. The Balaban J connectivity index is 1.86. The fourth-order valence-electron chi connectivity index (χ4n) is 3.30. The van der Waals surface area contributed by atoms with E-state index in [-0.39, 0.29) is 5.41 Å². The summed E-state index contributed by atoms with van der Waals surface area (Å²) in [6.07, 6.45) is 4.87. The number of rotatable bonds is 3. The van der Waals surface area contributed by atoms with E-state index in [1.807, 2.05) is 12.4 Å². The standard InChI is InChI=1S/C18H22N2/c1-13(14-8-10-19-11-9-14)20-17-16-7-5-4-6-15(16)12-18(17,2)3/h4-11,13,17,20H,12H2,1-3H3. The van der Waals surface area contributed by atoms with E-state index in [1.54, 1.807) is 0 Å². The van der Waals surface area contributed by atoms with Crippen LogP contribution in [0, 0.1) is 5.41 Å². The van der Waals surface area contributed by atoms with Crippen LogP contribution in [0.2, 0.25) is 0 Å². The van der Waals surface area contributed by atoms with Gasteiger partial charge in [0.05, 0.1) is 0 Å². The van der Waals surface area contributed by atoms with Crippen molar-refractivity contribution in [1.82, 2.24) is 10.3 Å². The Morgan fingerprint density at radius 3 is 2.60 bits per heavy atom. The average Bonchev–Trinajstić information content (AvgIpc) is 2.70. The Bertz CT molecular complexity index is 589. The molecule has 1 aliphatic carbocycles. The number of benzene rings is 1. The van der Waals surface area contributed by atoms with Gasteiger partial charge in [0.2, 0.25) is 0 Å². The Labute approximate surface area is 121 Å². The Hall–Kier alpha value is -1.67. The summed E-state index contributed by atoms with van der Waals surface area (Å²) < 4.78 is 0. The quantitative estimate of drug-likeness (QED) is 0.906. The molecule has 2 nitrogen and oxygen atoms in total. The van der Waals surface area contributed by atoms with Crippen molar-refractivity contribution < 1.29 is 0 Å². The van der Waals surface area contributed by atoms with E-state index < -0.39 is 0 Å². The lowest BCUT2D eigenvalue weighted by molar-refractivity contribution is 0.252. The van der Waals surface area contributed by atoms with E-state index in [9.17, 15) is 0 Å². The summed E-state index contributed by atoms with van der Waals surface area (Å²) in [6, 6.07) is 13.7. The van der Waals surface area contributed by atoms with Gasteiger partial charge in [0.1, 0.15) is 0 Å². The van der Waals surface area contributed by atoms with Gasteiger partial charge in [-0.15, -0.1) is 0 Å². The molecular weight excluding hydrogens is 244 g/mol.